The van der Waals surface area contributed by atoms with Crippen molar-refractivity contribution in [2.75, 3.05) is 11.9 Å². The van der Waals surface area contributed by atoms with Crippen LogP contribution in [0.4, 0.5) is 10.1 Å². The van der Waals surface area contributed by atoms with Gasteiger partial charge in [-0.2, -0.15) is 10.4 Å². The van der Waals surface area contributed by atoms with Gasteiger partial charge in [-0.25, -0.2) is 14.1 Å². The van der Waals surface area contributed by atoms with E-state index in [0.717, 1.165) is 33.4 Å². The van der Waals surface area contributed by atoms with Crippen LogP contribution >= 0.6 is 0 Å². The second kappa shape index (κ2) is 7.22. The Morgan fingerprint density at radius 2 is 2.10 bits per heavy atom. The first-order valence-corrected chi connectivity index (χ1v) is 9.85. The van der Waals surface area contributed by atoms with Crippen molar-refractivity contribution in [3.63, 3.8) is 0 Å². The molecule has 0 unspecified atom stereocenters. The highest BCUT2D eigenvalue weighted by Gasteiger charge is 2.20. The summed E-state index contributed by atoms with van der Waals surface area (Å²) in [4.78, 5) is 12.1. The molecule has 0 atom stereocenters. The molecule has 31 heavy (non-hydrogen) atoms. The van der Waals surface area contributed by atoms with Gasteiger partial charge in [0, 0.05) is 47.8 Å². The van der Waals surface area contributed by atoms with Gasteiger partial charge < -0.3 is 10.3 Å². The number of H-pyrrole nitrogens is 1. The molecule has 5 aromatic rings. The van der Waals surface area contributed by atoms with E-state index in [9.17, 15) is 9.65 Å². The number of hydrogen-bond acceptors (Lipinski definition) is 5. The SMILES string of the molecule is CCNc1cc(F)cc2c1[nH]c1ncc(-c3cncc(C#N)c3)c(-n3ccc(C)n3)c12. The van der Waals surface area contributed by atoms with E-state index < -0.39 is 0 Å². The zero-order valence-corrected chi connectivity index (χ0v) is 16.9. The van der Waals surface area contributed by atoms with Gasteiger partial charge in [0.15, 0.2) is 0 Å². The molecule has 0 aliphatic rings. The third kappa shape index (κ3) is 3.07. The topological polar surface area (TPSA) is 95.2 Å². The molecule has 4 aromatic heterocycles. The van der Waals surface area contributed by atoms with Gasteiger partial charge in [0.05, 0.1) is 33.5 Å². The predicted octanol–water partition coefficient (Wildman–Crippen LogP) is 4.71. The smallest absolute Gasteiger partial charge is 0.140 e. The van der Waals surface area contributed by atoms with Crippen LogP contribution in [0.25, 0.3) is 38.8 Å². The van der Waals surface area contributed by atoms with Crippen molar-refractivity contribution in [2.24, 2.45) is 0 Å². The number of aromatic amines is 1. The highest BCUT2D eigenvalue weighted by Crippen LogP contribution is 2.38. The van der Waals surface area contributed by atoms with Crippen molar-refractivity contribution >= 4 is 27.6 Å². The van der Waals surface area contributed by atoms with E-state index >= 15 is 0 Å². The summed E-state index contributed by atoms with van der Waals surface area (Å²) in [6.45, 7) is 4.53. The normalized spacial score (nSPS) is 11.2. The van der Waals surface area contributed by atoms with Crippen LogP contribution in [0.3, 0.4) is 0 Å². The summed E-state index contributed by atoms with van der Waals surface area (Å²) < 4.78 is 16.3. The van der Waals surface area contributed by atoms with Crippen molar-refractivity contribution in [2.45, 2.75) is 13.8 Å². The number of nitriles is 1. The van der Waals surface area contributed by atoms with E-state index in [1.807, 2.05) is 26.1 Å². The van der Waals surface area contributed by atoms with Gasteiger partial charge in [-0.1, -0.05) is 0 Å². The molecular formula is C23H18FN7. The van der Waals surface area contributed by atoms with Gasteiger partial charge in [0.2, 0.25) is 0 Å². The fourth-order valence-electron chi connectivity index (χ4n) is 3.88. The van der Waals surface area contributed by atoms with Crippen LogP contribution in [0.2, 0.25) is 0 Å². The number of benzene rings is 1. The first-order chi connectivity index (χ1) is 15.1. The Labute approximate surface area is 177 Å². The molecule has 0 aliphatic heterocycles. The number of hydrogen-bond donors (Lipinski definition) is 2. The zero-order valence-electron chi connectivity index (χ0n) is 16.9. The van der Waals surface area contributed by atoms with Crippen molar-refractivity contribution in [3.05, 3.63) is 66.1 Å². The lowest BCUT2D eigenvalue weighted by Gasteiger charge is -2.12. The number of nitrogens with one attached hydrogen (secondary N) is 2. The number of halogens is 1. The van der Waals surface area contributed by atoms with Crippen LogP contribution in [0.1, 0.15) is 18.2 Å². The Morgan fingerprint density at radius 1 is 1.23 bits per heavy atom. The first kappa shape index (κ1) is 18.8. The second-order valence-corrected chi connectivity index (χ2v) is 7.25. The lowest BCUT2D eigenvalue weighted by Crippen LogP contribution is -2.01. The molecule has 0 bridgehead atoms. The van der Waals surface area contributed by atoms with Crippen molar-refractivity contribution in [1.29, 1.82) is 5.26 Å². The van der Waals surface area contributed by atoms with Gasteiger partial charge in [-0.15, -0.1) is 0 Å². The molecule has 0 saturated heterocycles. The number of nitrogens with zero attached hydrogens (tertiary/aromatic N) is 5. The van der Waals surface area contributed by atoms with E-state index in [1.165, 1.54) is 18.3 Å². The summed E-state index contributed by atoms with van der Waals surface area (Å²) in [5.41, 5.74) is 5.58. The summed E-state index contributed by atoms with van der Waals surface area (Å²) in [6.07, 6.45) is 6.78. The summed E-state index contributed by atoms with van der Waals surface area (Å²) in [5, 5.41) is 18.6. The summed E-state index contributed by atoms with van der Waals surface area (Å²) in [5.74, 6) is -0.342. The van der Waals surface area contributed by atoms with E-state index in [2.05, 4.69) is 31.4 Å². The number of aromatic nitrogens is 5. The van der Waals surface area contributed by atoms with Crippen molar-refractivity contribution in [1.82, 2.24) is 24.7 Å². The molecule has 4 heterocycles. The van der Waals surface area contributed by atoms with Crippen LogP contribution in [0.5, 0.6) is 0 Å². The maximum Gasteiger partial charge on any atom is 0.140 e. The molecule has 1 aromatic carbocycles. The Kier molecular flexibility index (Phi) is 4.37. The summed E-state index contributed by atoms with van der Waals surface area (Å²) in [7, 11) is 0. The molecule has 0 aliphatic carbocycles. The molecule has 8 heteroatoms. The fraction of sp³-hybridized carbons (Fsp3) is 0.130. The van der Waals surface area contributed by atoms with Crippen LogP contribution in [0.15, 0.2) is 49.1 Å². The molecule has 0 saturated carbocycles. The Morgan fingerprint density at radius 3 is 2.84 bits per heavy atom. The lowest BCUT2D eigenvalue weighted by atomic mass is 10.0. The van der Waals surface area contributed by atoms with E-state index in [0.29, 0.717) is 28.8 Å². The van der Waals surface area contributed by atoms with Gasteiger partial charge in [-0.3, -0.25) is 4.98 Å². The maximum absolute atomic E-state index is 14.5. The lowest BCUT2D eigenvalue weighted by molar-refractivity contribution is 0.630. The number of aryl methyl sites for hydroxylation is 1. The molecule has 0 spiro atoms. The molecule has 0 fully saturated rings. The number of pyridine rings is 2. The largest absolute Gasteiger partial charge is 0.384 e. The van der Waals surface area contributed by atoms with Gasteiger partial charge in [0.25, 0.3) is 0 Å². The highest BCUT2D eigenvalue weighted by molar-refractivity contribution is 6.15. The average molecular weight is 411 g/mol. The highest BCUT2D eigenvalue weighted by atomic mass is 19.1. The molecular weight excluding hydrogens is 393 g/mol. The van der Waals surface area contributed by atoms with Crippen LogP contribution in [0, 0.1) is 24.1 Å². The maximum atomic E-state index is 14.5. The Hall–Kier alpha value is -4.25. The number of anilines is 1. The fourth-order valence-corrected chi connectivity index (χ4v) is 3.88. The average Bonchev–Trinajstić information content (AvgIpc) is 3.37. The van der Waals surface area contributed by atoms with E-state index in [4.69, 9.17) is 0 Å². The zero-order chi connectivity index (χ0) is 21.5. The van der Waals surface area contributed by atoms with Gasteiger partial charge in [-0.05, 0) is 38.1 Å². The minimum absolute atomic E-state index is 0.342. The van der Waals surface area contributed by atoms with Crippen LogP contribution in [-0.2, 0) is 0 Å². The Balaban J connectivity index is 1.93. The monoisotopic (exact) mass is 411 g/mol. The minimum Gasteiger partial charge on any atom is -0.384 e. The molecule has 0 radical (unpaired) electrons. The van der Waals surface area contributed by atoms with Gasteiger partial charge in [0.1, 0.15) is 17.5 Å². The molecule has 2 N–H and O–H groups in total. The summed E-state index contributed by atoms with van der Waals surface area (Å²) >= 11 is 0. The molecule has 5 rings (SSSR count). The molecule has 152 valence electrons. The quantitative estimate of drug-likeness (QED) is 0.446. The third-order valence-electron chi connectivity index (χ3n) is 5.16. The molecule has 7 nitrogen and oxygen atoms in total. The predicted molar refractivity (Wildman–Crippen MR) is 118 cm³/mol. The van der Waals surface area contributed by atoms with Crippen molar-refractivity contribution < 1.29 is 4.39 Å². The standard InChI is InChI=1S/C23H18FN7/c1-3-27-19-8-16(24)7-17-20-22(31-5-4-13(2)30-31)18(12-28-23(20)29-21(17)19)15-6-14(9-25)10-26-11-15/h4-8,10-12,27H,3H2,1-2H3,(H,28,29). The third-order valence-corrected chi connectivity index (χ3v) is 5.16. The van der Waals surface area contributed by atoms with E-state index in [-0.39, 0.29) is 5.82 Å². The first-order valence-electron chi connectivity index (χ1n) is 9.85. The number of rotatable bonds is 4. The van der Waals surface area contributed by atoms with Crippen molar-refractivity contribution in [3.8, 4) is 22.9 Å². The Bertz CT molecular complexity index is 1490. The van der Waals surface area contributed by atoms with Crippen LogP contribution < -0.4 is 5.32 Å². The second-order valence-electron chi connectivity index (χ2n) is 7.25. The minimum atomic E-state index is -0.342. The number of fused-ring (bicyclic) bond motifs is 3. The van der Waals surface area contributed by atoms with Gasteiger partial charge >= 0.3 is 0 Å². The van der Waals surface area contributed by atoms with E-state index in [1.54, 1.807) is 23.1 Å². The van der Waals surface area contributed by atoms with Crippen LogP contribution in [-0.4, -0.2) is 31.3 Å². The summed E-state index contributed by atoms with van der Waals surface area (Å²) in [6, 6.07) is 8.76. The molecule has 0 amide bonds.